The zero-order chi connectivity index (χ0) is 12.7. The van der Waals surface area contributed by atoms with Crippen molar-refractivity contribution in [1.29, 1.82) is 0 Å². The summed E-state index contributed by atoms with van der Waals surface area (Å²) in [6, 6.07) is 9.68. The Labute approximate surface area is 116 Å². The molecule has 0 saturated heterocycles. The Kier molecular flexibility index (Phi) is 2.90. The fraction of sp³-hybridized carbons (Fsp3) is 0.647. The van der Waals surface area contributed by atoms with E-state index in [1.165, 1.54) is 56.4 Å². The lowest BCUT2D eigenvalue weighted by Gasteiger charge is -2.33. The third-order valence-electron chi connectivity index (χ3n) is 4.90. The lowest BCUT2D eigenvalue weighted by molar-refractivity contribution is 0.494. The van der Waals surface area contributed by atoms with Crippen molar-refractivity contribution in [2.45, 2.75) is 44.6 Å². The molecule has 1 aromatic rings. The molecule has 0 aromatic heterocycles. The number of para-hydroxylation sites is 2. The van der Waals surface area contributed by atoms with Crippen LogP contribution in [0.25, 0.3) is 0 Å². The van der Waals surface area contributed by atoms with Crippen LogP contribution in [-0.4, -0.2) is 19.1 Å². The molecule has 1 N–H and O–H groups in total. The van der Waals surface area contributed by atoms with Crippen molar-refractivity contribution in [3.8, 4) is 0 Å². The van der Waals surface area contributed by atoms with Crippen LogP contribution in [0.15, 0.2) is 24.3 Å². The summed E-state index contributed by atoms with van der Waals surface area (Å²) < 4.78 is 0. The van der Waals surface area contributed by atoms with Crippen molar-refractivity contribution in [2.24, 2.45) is 11.8 Å². The van der Waals surface area contributed by atoms with Crippen molar-refractivity contribution in [1.82, 2.24) is 0 Å². The molecule has 2 fully saturated rings. The van der Waals surface area contributed by atoms with Gasteiger partial charge in [0.1, 0.15) is 0 Å². The molecule has 0 radical (unpaired) electrons. The summed E-state index contributed by atoms with van der Waals surface area (Å²) in [5.74, 6) is 1.99. The zero-order valence-corrected chi connectivity index (χ0v) is 11.6. The van der Waals surface area contributed by atoms with E-state index in [1.54, 1.807) is 0 Å². The number of nitrogens with zero attached hydrogens (tertiary/aromatic N) is 1. The maximum Gasteiger partial charge on any atom is 0.0604 e. The van der Waals surface area contributed by atoms with E-state index in [0.717, 1.165) is 24.4 Å². The largest absolute Gasteiger partial charge is 0.383 e. The van der Waals surface area contributed by atoms with E-state index in [9.17, 15) is 0 Å². The van der Waals surface area contributed by atoms with Gasteiger partial charge in [-0.3, -0.25) is 0 Å². The number of rotatable bonds is 4. The van der Waals surface area contributed by atoms with E-state index in [4.69, 9.17) is 0 Å². The van der Waals surface area contributed by atoms with E-state index in [0.29, 0.717) is 0 Å². The minimum atomic E-state index is 0.768. The van der Waals surface area contributed by atoms with Crippen molar-refractivity contribution in [3.63, 3.8) is 0 Å². The SMILES string of the molecule is c1ccc2c(c1)NCCC(CC1CC1)N2CC1CC1. The van der Waals surface area contributed by atoms with Crippen molar-refractivity contribution in [2.75, 3.05) is 23.3 Å². The van der Waals surface area contributed by atoms with Crippen LogP contribution in [0.3, 0.4) is 0 Å². The molecule has 102 valence electrons. The summed E-state index contributed by atoms with van der Waals surface area (Å²) in [4.78, 5) is 2.74. The quantitative estimate of drug-likeness (QED) is 0.879. The summed E-state index contributed by atoms with van der Waals surface area (Å²) in [5.41, 5.74) is 2.80. The Morgan fingerprint density at radius 3 is 2.58 bits per heavy atom. The van der Waals surface area contributed by atoms with Gasteiger partial charge in [-0.1, -0.05) is 25.0 Å². The summed E-state index contributed by atoms with van der Waals surface area (Å²) >= 11 is 0. The Balaban J connectivity index is 1.62. The molecule has 1 aromatic carbocycles. The maximum atomic E-state index is 3.63. The van der Waals surface area contributed by atoms with Gasteiger partial charge in [0.15, 0.2) is 0 Å². The average molecular weight is 256 g/mol. The first kappa shape index (κ1) is 11.6. The third-order valence-corrected chi connectivity index (χ3v) is 4.90. The first-order valence-corrected chi connectivity index (χ1v) is 7.99. The minimum absolute atomic E-state index is 0.768. The lowest BCUT2D eigenvalue weighted by Crippen LogP contribution is -2.37. The van der Waals surface area contributed by atoms with Gasteiger partial charge in [0.2, 0.25) is 0 Å². The molecule has 0 spiro atoms. The van der Waals surface area contributed by atoms with Crippen LogP contribution >= 0.6 is 0 Å². The van der Waals surface area contributed by atoms with E-state index in [2.05, 4.69) is 34.5 Å². The van der Waals surface area contributed by atoms with Crippen LogP contribution in [0.2, 0.25) is 0 Å². The van der Waals surface area contributed by atoms with E-state index in [-0.39, 0.29) is 0 Å². The molecule has 3 aliphatic rings. The number of benzene rings is 1. The van der Waals surface area contributed by atoms with Crippen LogP contribution in [0.5, 0.6) is 0 Å². The highest BCUT2D eigenvalue weighted by atomic mass is 15.2. The first-order chi connectivity index (χ1) is 9.40. The monoisotopic (exact) mass is 256 g/mol. The topological polar surface area (TPSA) is 15.3 Å². The van der Waals surface area contributed by atoms with Crippen LogP contribution in [0.1, 0.15) is 38.5 Å². The lowest BCUT2D eigenvalue weighted by atomic mass is 10.0. The van der Waals surface area contributed by atoms with Crippen molar-refractivity contribution >= 4 is 11.4 Å². The number of fused-ring (bicyclic) bond motifs is 1. The Morgan fingerprint density at radius 1 is 1.00 bits per heavy atom. The Morgan fingerprint density at radius 2 is 1.79 bits per heavy atom. The Hall–Kier alpha value is -1.18. The predicted octanol–water partition coefficient (Wildman–Crippen LogP) is 3.89. The second-order valence-corrected chi connectivity index (χ2v) is 6.66. The number of nitrogens with one attached hydrogen (secondary N) is 1. The van der Waals surface area contributed by atoms with Gasteiger partial charge < -0.3 is 10.2 Å². The second kappa shape index (κ2) is 4.73. The maximum absolute atomic E-state index is 3.63. The molecular weight excluding hydrogens is 232 g/mol. The molecule has 0 amide bonds. The summed E-state index contributed by atoms with van der Waals surface area (Å²) in [6.07, 6.45) is 8.57. The van der Waals surface area contributed by atoms with E-state index >= 15 is 0 Å². The van der Waals surface area contributed by atoms with Crippen LogP contribution in [-0.2, 0) is 0 Å². The highest BCUT2D eigenvalue weighted by Gasteiger charge is 2.34. The fourth-order valence-electron chi connectivity index (χ4n) is 3.41. The third kappa shape index (κ3) is 2.58. The van der Waals surface area contributed by atoms with Gasteiger partial charge in [0, 0.05) is 19.1 Å². The highest BCUT2D eigenvalue weighted by molar-refractivity contribution is 5.71. The molecule has 2 aliphatic carbocycles. The zero-order valence-electron chi connectivity index (χ0n) is 11.6. The van der Waals surface area contributed by atoms with Gasteiger partial charge in [-0.2, -0.15) is 0 Å². The molecule has 2 nitrogen and oxygen atoms in total. The number of hydrogen-bond acceptors (Lipinski definition) is 2. The number of hydrogen-bond donors (Lipinski definition) is 1. The standard InChI is InChI=1S/C17H24N2/c1-2-4-17-16(3-1)18-10-9-15(11-13-5-6-13)19(17)12-14-7-8-14/h1-4,13-15,18H,5-12H2. The molecule has 1 unspecified atom stereocenters. The van der Waals surface area contributed by atoms with Gasteiger partial charge in [0.25, 0.3) is 0 Å². The van der Waals surface area contributed by atoms with Crippen molar-refractivity contribution in [3.05, 3.63) is 24.3 Å². The highest BCUT2D eigenvalue weighted by Crippen LogP contribution is 2.41. The van der Waals surface area contributed by atoms with E-state index in [1.807, 2.05) is 0 Å². The van der Waals surface area contributed by atoms with Crippen LogP contribution in [0.4, 0.5) is 11.4 Å². The molecule has 1 atom stereocenters. The van der Waals surface area contributed by atoms with Crippen LogP contribution < -0.4 is 10.2 Å². The number of anilines is 2. The predicted molar refractivity (Wildman–Crippen MR) is 80.7 cm³/mol. The summed E-state index contributed by atoms with van der Waals surface area (Å²) in [5, 5.41) is 3.63. The minimum Gasteiger partial charge on any atom is -0.383 e. The Bertz CT molecular complexity index is 448. The smallest absolute Gasteiger partial charge is 0.0604 e. The average Bonchev–Trinajstić information content (AvgIpc) is 3.29. The van der Waals surface area contributed by atoms with Gasteiger partial charge in [0.05, 0.1) is 11.4 Å². The van der Waals surface area contributed by atoms with Gasteiger partial charge >= 0.3 is 0 Å². The molecule has 0 bridgehead atoms. The molecule has 1 aliphatic heterocycles. The summed E-state index contributed by atoms with van der Waals surface area (Å²) in [7, 11) is 0. The van der Waals surface area contributed by atoms with Gasteiger partial charge in [-0.25, -0.2) is 0 Å². The van der Waals surface area contributed by atoms with Gasteiger partial charge in [-0.15, -0.1) is 0 Å². The molecule has 2 saturated carbocycles. The molecular formula is C17H24N2. The van der Waals surface area contributed by atoms with Gasteiger partial charge in [-0.05, 0) is 49.7 Å². The molecule has 2 heteroatoms. The first-order valence-electron chi connectivity index (χ1n) is 7.99. The fourth-order valence-corrected chi connectivity index (χ4v) is 3.41. The normalized spacial score (nSPS) is 26.5. The molecule has 4 rings (SSSR count). The van der Waals surface area contributed by atoms with Crippen LogP contribution in [0, 0.1) is 11.8 Å². The van der Waals surface area contributed by atoms with E-state index < -0.39 is 0 Å². The summed E-state index contributed by atoms with van der Waals surface area (Å²) in [6.45, 7) is 2.42. The molecule has 19 heavy (non-hydrogen) atoms. The second-order valence-electron chi connectivity index (χ2n) is 6.66. The molecule has 1 heterocycles. The van der Waals surface area contributed by atoms with Crippen molar-refractivity contribution < 1.29 is 0 Å².